The Morgan fingerprint density at radius 3 is 2.25 bits per heavy atom. The van der Waals surface area contributed by atoms with Crippen molar-refractivity contribution in [1.29, 1.82) is 0 Å². The summed E-state index contributed by atoms with van der Waals surface area (Å²) >= 11 is 0. The van der Waals surface area contributed by atoms with Crippen molar-refractivity contribution in [2.45, 2.75) is 0 Å². The number of anilines is 2. The van der Waals surface area contributed by atoms with Crippen LogP contribution < -0.4 is 20.7 Å². The molecule has 0 aliphatic heterocycles. The lowest BCUT2D eigenvalue weighted by molar-refractivity contribution is -0.115. The molecule has 2 amide bonds. The number of rotatable bonds is 10. The summed E-state index contributed by atoms with van der Waals surface area (Å²) in [6, 6.07) is 22.5. The molecule has 0 aliphatic carbocycles. The second kappa shape index (κ2) is 11.6. The van der Waals surface area contributed by atoms with E-state index in [2.05, 4.69) is 16.0 Å². The maximum absolute atomic E-state index is 12.7. The molecule has 3 rings (SSSR count). The van der Waals surface area contributed by atoms with Gasteiger partial charge in [0.15, 0.2) is 0 Å². The van der Waals surface area contributed by atoms with Gasteiger partial charge in [-0.05, 0) is 41.5 Å². The standard InChI is InChI=1S/C25H27N3O4/c1-31-15-14-26-17-24(29)28-22-16-21(12-13-23(22)32-2)27-25(30)20-10-8-19(9-11-20)18-6-4-3-5-7-18/h3-13,16,26H,14-15,17H2,1-2H3,(H,27,30)(H,28,29). The number of nitrogens with one attached hydrogen (secondary N) is 3. The van der Waals surface area contributed by atoms with Crippen LogP contribution in [0.25, 0.3) is 11.1 Å². The van der Waals surface area contributed by atoms with Crippen LogP contribution >= 0.6 is 0 Å². The Hall–Kier alpha value is -3.68. The van der Waals surface area contributed by atoms with E-state index in [1.807, 2.05) is 42.5 Å². The van der Waals surface area contributed by atoms with Gasteiger partial charge in [0.2, 0.25) is 5.91 Å². The van der Waals surface area contributed by atoms with Gasteiger partial charge in [-0.3, -0.25) is 9.59 Å². The molecule has 0 aromatic heterocycles. The summed E-state index contributed by atoms with van der Waals surface area (Å²) in [6.45, 7) is 1.22. The lowest BCUT2D eigenvalue weighted by Crippen LogP contribution is -2.30. The zero-order valence-electron chi connectivity index (χ0n) is 18.2. The van der Waals surface area contributed by atoms with Crippen molar-refractivity contribution in [2.24, 2.45) is 0 Å². The maximum atomic E-state index is 12.7. The van der Waals surface area contributed by atoms with E-state index < -0.39 is 0 Å². The number of hydrogen-bond donors (Lipinski definition) is 3. The van der Waals surface area contributed by atoms with Gasteiger partial charge in [0, 0.05) is 24.9 Å². The van der Waals surface area contributed by atoms with E-state index in [0.717, 1.165) is 11.1 Å². The summed E-state index contributed by atoms with van der Waals surface area (Å²) in [6.07, 6.45) is 0. The summed E-state index contributed by atoms with van der Waals surface area (Å²) in [5.41, 5.74) is 3.68. The minimum absolute atomic E-state index is 0.136. The third kappa shape index (κ3) is 6.41. The fourth-order valence-corrected chi connectivity index (χ4v) is 3.10. The Morgan fingerprint density at radius 2 is 1.56 bits per heavy atom. The maximum Gasteiger partial charge on any atom is 0.255 e. The largest absolute Gasteiger partial charge is 0.495 e. The number of hydrogen-bond acceptors (Lipinski definition) is 5. The van der Waals surface area contributed by atoms with Crippen LogP contribution in [0.3, 0.4) is 0 Å². The van der Waals surface area contributed by atoms with Gasteiger partial charge in [-0.15, -0.1) is 0 Å². The van der Waals surface area contributed by atoms with E-state index in [1.165, 1.54) is 7.11 Å². The second-order valence-electron chi connectivity index (χ2n) is 7.03. The van der Waals surface area contributed by atoms with Crippen molar-refractivity contribution in [2.75, 3.05) is 44.5 Å². The minimum atomic E-state index is -0.242. The van der Waals surface area contributed by atoms with Gasteiger partial charge in [-0.1, -0.05) is 42.5 Å². The predicted octanol–water partition coefficient (Wildman–Crippen LogP) is 3.79. The highest BCUT2D eigenvalue weighted by Crippen LogP contribution is 2.28. The predicted molar refractivity (Wildman–Crippen MR) is 126 cm³/mol. The van der Waals surface area contributed by atoms with Crippen LogP contribution in [0.4, 0.5) is 11.4 Å². The fourth-order valence-electron chi connectivity index (χ4n) is 3.10. The summed E-state index contributed by atoms with van der Waals surface area (Å²) in [5, 5.41) is 8.64. The van der Waals surface area contributed by atoms with Crippen LogP contribution in [-0.2, 0) is 9.53 Å². The van der Waals surface area contributed by atoms with Gasteiger partial charge in [-0.2, -0.15) is 0 Å². The molecule has 3 N–H and O–H groups in total. The van der Waals surface area contributed by atoms with E-state index >= 15 is 0 Å². The third-order valence-corrected chi connectivity index (χ3v) is 4.75. The monoisotopic (exact) mass is 433 g/mol. The van der Waals surface area contributed by atoms with Gasteiger partial charge in [0.1, 0.15) is 5.75 Å². The van der Waals surface area contributed by atoms with Crippen LogP contribution in [-0.4, -0.2) is 45.7 Å². The molecule has 0 atom stereocenters. The smallest absolute Gasteiger partial charge is 0.255 e. The first-order valence-electron chi connectivity index (χ1n) is 10.2. The summed E-state index contributed by atoms with van der Waals surface area (Å²) in [4.78, 5) is 24.9. The zero-order chi connectivity index (χ0) is 22.8. The van der Waals surface area contributed by atoms with E-state index in [4.69, 9.17) is 9.47 Å². The molecule has 0 radical (unpaired) electrons. The number of methoxy groups -OCH3 is 2. The van der Waals surface area contributed by atoms with Gasteiger partial charge >= 0.3 is 0 Å². The normalized spacial score (nSPS) is 10.4. The molecule has 0 heterocycles. The van der Waals surface area contributed by atoms with Crippen LogP contribution in [0, 0.1) is 0 Å². The molecule has 0 unspecified atom stereocenters. The summed E-state index contributed by atoms with van der Waals surface area (Å²) in [7, 11) is 3.12. The highest BCUT2D eigenvalue weighted by Gasteiger charge is 2.11. The van der Waals surface area contributed by atoms with E-state index in [-0.39, 0.29) is 18.4 Å². The van der Waals surface area contributed by atoms with Crippen molar-refractivity contribution >= 4 is 23.2 Å². The van der Waals surface area contributed by atoms with Gasteiger partial charge in [-0.25, -0.2) is 0 Å². The highest BCUT2D eigenvalue weighted by molar-refractivity contribution is 6.05. The molecule has 3 aromatic rings. The highest BCUT2D eigenvalue weighted by atomic mass is 16.5. The van der Waals surface area contributed by atoms with Crippen molar-refractivity contribution < 1.29 is 19.1 Å². The Labute approximate surface area is 187 Å². The second-order valence-corrected chi connectivity index (χ2v) is 7.03. The lowest BCUT2D eigenvalue weighted by atomic mass is 10.0. The number of carbonyl (C=O) groups is 2. The molecule has 32 heavy (non-hydrogen) atoms. The Morgan fingerprint density at radius 1 is 0.844 bits per heavy atom. The number of amides is 2. The average molecular weight is 434 g/mol. The van der Waals surface area contributed by atoms with Crippen LogP contribution in [0.15, 0.2) is 72.8 Å². The molecule has 0 aliphatic rings. The first kappa shape index (κ1) is 23.0. The molecule has 0 saturated heterocycles. The van der Waals surface area contributed by atoms with E-state index in [1.54, 1.807) is 37.4 Å². The van der Waals surface area contributed by atoms with Crippen molar-refractivity contribution in [3.05, 3.63) is 78.4 Å². The molecule has 0 bridgehead atoms. The molecule has 3 aromatic carbocycles. The number of ether oxygens (including phenoxy) is 2. The van der Waals surface area contributed by atoms with Crippen LogP contribution in [0.2, 0.25) is 0 Å². The van der Waals surface area contributed by atoms with Crippen molar-refractivity contribution in [3.8, 4) is 16.9 Å². The SMILES string of the molecule is COCCNCC(=O)Nc1cc(NC(=O)c2ccc(-c3ccccc3)cc2)ccc1OC. The minimum Gasteiger partial charge on any atom is -0.495 e. The van der Waals surface area contributed by atoms with E-state index in [0.29, 0.717) is 35.8 Å². The molecule has 7 nitrogen and oxygen atoms in total. The van der Waals surface area contributed by atoms with Gasteiger partial charge in [0.25, 0.3) is 5.91 Å². The summed E-state index contributed by atoms with van der Waals surface area (Å²) < 4.78 is 10.3. The molecule has 0 saturated carbocycles. The molecule has 166 valence electrons. The Bertz CT molecular complexity index is 1040. The Kier molecular flexibility index (Phi) is 8.36. The topological polar surface area (TPSA) is 88.7 Å². The third-order valence-electron chi connectivity index (χ3n) is 4.75. The van der Waals surface area contributed by atoms with Gasteiger partial charge < -0.3 is 25.4 Å². The first-order chi connectivity index (χ1) is 15.6. The van der Waals surface area contributed by atoms with E-state index in [9.17, 15) is 9.59 Å². The fraction of sp³-hybridized carbons (Fsp3) is 0.200. The quantitative estimate of drug-likeness (QED) is 0.424. The number of carbonyl (C=O) groups excluding carboxylic acids is 2. The molecule has 0 fully saturated rings. The first-order valence-corrected chi connectivity index (χ1v) is 10.2. The molecule has 7 heteroatoms. The zero-order valence-corrected chi connectivity index (χ0v) is 18.2. The van der Waals surface area contributed by atoms with Crippen molar-refractivity contribution in [3.63, 3.8) is 0 Å². The van der Waals surface area contributed by atoms with Crippen LogP contribution in [0.5, 0.6) is 5.75 Å². The average Bonchev–Trinajstić information content (AvgIpc) is 2.83. The van der Waals surface area contributed by atoms with Crippen molar-refractivity contribution in [1.82, 2.24) is 5.32 Å². The lowest BCUT2D eigenvalue weighted by Gasteiger charge is -2.13. The Balaban J connectivity index is 1.65. The van der Waals surface area contributed by atoms with Crippen LogP contribution in [0.1, 0.15) is 10.4 Å². The molecular weight excluding hydrogens is 406 g/mol. The summed E-state index contributed by atoms with van der Waals surface area (Å²) in [5.74, 6) is 0.0353. The molecular formula is C25H27N3O4. The number of benzene rings is 3. The van der Waals surface area contributed by atoms with Gasteiger partial charge in [0.05, 0.1) is 25.9 Å². The molecule has 0 spiro atoms.